The summed E-state index contributed by atoms with van der Waals surface area (Å²) in [6.07, 6.45) is 2.30. The monoisotopic (exact) mass is 335 g/mol. The zero-order valence-electron chi connectivity index (χ0n) is 15.0. The van der Waals surface area contributed by atoms with Gasteiger partial charge in [0.25, 0.3) is 0 Å². The lowest BCUT2D eigenvalue weighted by Gasteiger charge is -2.65. The normalized spacial score (nSPS) is 39.3. The van der Waals surface area contributed by atoms with Crippen LogP contribution in [0.5, 0.6) is 0 Å². The number of fused-ring (bicyclic) bond motifs is 1. The molecule has 5 heterocycles. The SMILES string of the molecule is CCCC12CN3CC(C)(CN(C1)C3c1ccc3ccccc3n1)C2=O. The van der Waals surface area contributed by atoms with E-state index in [0.717, 1.165) is 50.2 Å². The summed E-state index contributed by atoms with van der Waals surface area (Å²) >= 11 is 0. The number of ketones is 1. The number of rotatable bonds is 3. The van der Waals surface area contributed by atoms with Gasteiger partial charge in [0.2, 0.25) is 0 Å². The van der Waals surface area contributed by atoms with Gasteiger partial charge in [0, 0.05) is 31.6 Å². The van der Waals surface area contributed by atoms with Gasteiger partial charge in [0.1, 0.15) is 11.9 Å². The number of aromatic nitrogens is 1. The van der Waals surface area contributed by atoms with Gasteiger partial charge in [-0.2, -0.15) is 0 Å². The largest absolute Gasteiger partial charge is 0.298 e. The second-order valence-electron chi connectivity index (χ2n) is 8.53. The predicted octanol–water partition coefficient (Wildman–Crippen LogP) is 3.24. The number of Topliss-reactive ketones (excluding diaryl/α,β-unsaturated/α-hetero) is 1. The fourth-order valence-electron chi connectivity index (χ4n) is 5.74. The van der Waals surface area contributed by atoms with Crippen LogP contribution in [-0.4, -0.2) is 46.7 Å². The molecule has 2 unspecified atom stereocenters. The number of carbonyl (C=O) groups excluding carboxylic acids is 1. The van der Waals surface area contributed by atoms with E-state index in [-0.39, 0.29) is 17.0 Å². The molecule has 0 amide bonds. The van der Waals surface area contributed by atoms with Gasteiger partial charge in [0.15, 0.2) is 0 Å². The van der Waals surface area contributed by atoms with Gasteiger partial charge < -0.3 is 0 Å². The molecule has 130 valence electrons. The fraction of sp³-hybridized carbons (Fsp3) is 0.524. The second kappa shape index (κ2) is 5.12. The Balaban J connectivity index is 1.56. The van der Waals surface area contributed by atoms with Crippen molar-refractivity contribution >= 4 is 16.7 Å². The Kier molecular flexibility index (Phi) is 3.17. The van der Waals surface area contributed by atoms with Crippen LogP contribution >= 0.6 is 0 Å². The number of carbonyl (C=O) groups is 1. The quantitative estimate of drug-likeness (QED) is 0.863. The Morgan fingerprint density at radius 2 is 1.80 bits per heavy atom. The van der Waals surface area contributed by atoms with E-state index < -0.39 is 0 Å². The first-order valence-corrected chi connectivity index (χ1v) is 9.43. The maximum absolute atomic E-state index is 13.2. The lowest BCUT2D eigenvalue weighted by Crippen LogP contribution is -2.76. The van der Waals surface area contributed by atoms with E-state index in [1.807, 2.05) is 6.07 Å². The molecule has 25 heavy (non-hydrogen) atoms. The van der Waals surface area contributed by atoms with E-state index in [1.54, 1.807) is 0 Å². The van der Waals surface area contributed by atoms with Crippen LogP contribution in [-0.2, 0) is 4.79 Å². The summed E-state index contributed by atoms with van der Waals surface area (Å²) in [7, 11) is 0. The molecular weight excluding hydrogens is 310 g/mol. The molecular formula is C21H25N3O. The summed E-state index contributed by atoms with van der Waals surface area (Å²) in [5.41, 5.74) is 1.81. The summed E-state index contributed by atoms with van der Waals surface area (Å²) in [6, 6.07) is 12.7. The van der Waals surface area contributed by atoms with Crippen molar-refractivity contribution in [3.63, 3.8) is 0 Å². The highest BCUT2D eigenvalue weighted by atomic mass is 16.1. The number of nitrogens with zero attached hydrogens (tertiary/aromatic N) is 3. The van der Waals surface area contributed by atoms with E-state index in [2.05, 4.69) is 54.0 Å². The van der Waals surface area contributed by atoms with Gasteiger partial charge in [-0.15, -0.1) is 0 Å². The molecule has 4 nitrogen and oxygen atoms in total. The Morgan fingerprint density at radius 3 is 2.52 bits per heavy atom. The van der Waals surface area contributed by atoms with Gasteiger partial charge in [-0.3, -0.25) is 14.6 Å². The molecule has 0 aliphatic carbocycles. The van der Waals surface area contributed by atoms with E-state index in [0.29, 0.717) is 5.78 Å². The molecule has 2 atom stereocenters. The highest BCUT2D eigenvalue weighted by Crippen LogP contribution is 2.53. The van der Waals surface area contributed by atoms with Crippen molar-refractivity contribution in [3.05, 3.63) is 42.1 Å². The lowest BCUT2D eigenvalue weighted by molar-refractivity contribution is -0.202. The molecule has 0 radical (unpaired) electrons. The third kappa shape index (κ3) is 2.07. The first-order valence-electron chi connectivity index (χ1n) is 9.43. The third-order valence-electron chi connectivity index (χ3n) is 6.45. The molecule has 0 N–H and O–H groups in total. The van der Waals surface area contributed by atoms with Crippen molar-refractivity contribution in [1.82, 2.24) is 14.8 Å². The molecule has 4 heteroatoms. The standard InChI is InChI=1S/C21H25N3O/c1-3-10-21-13-23-11-20(2,19(21)25)12-24(14-21)18(23)17-9-8-15-6-4-5-7-16(15)22-17/h4-9,18H,3,10-14H2,1-2H3. The van der Waals surface area contributed by atoms with Gasteiger partial charge in [-0.1, -0.05) is 44.5 Å². The highest BCUT2D eigenvalue weighted by molar-refractivity contribution is 5.93. The molecule has 4 aliphatic rings. The number of benzene rings is 1. The van der Waals surface area contributed by atoms with E-state index in [4.69, 9.17) is 4.98 Å². The number of para-hydroxylation sites is 1. The molecule has 0 saturated carbocycles. The van der Waals surface area contributed by atoms with Crippen molar-refractivity contribution in [2.45, 2.75) is 32.9 Å². The van der Waals surface area contributed by atoms with Crippen molar-refractivity contribution in [1.29, 1.82) is 0 Å². The first-order chi connectivity index (χ1) is 12.0. The molecule has 4 fully saturated rings. The van der Waals surface area contributed by atoms with Crippen LogP contribution in [0.4, 0.5) is 0 Å². The van der Waals surface area contributed by atoms with Crippen LogP contribution in [0.15, 0.2) is 36.4 Å². The van der Waals surface area contributed by atoms with Crippen LogP contribution in [0, 0.1) is 10.8 Å². The lowest BCUT2D eigenvalue weighted by atomic mass is 9.59. The first kappa shape index (κ1) is 15.5. The molecule has 2 aromatic rings. The zero-order valence-corrected chi connectivity index (χ0v) is 15.0. The van der Waals surface area contributed by atoms with Crippen molar-refractivity contribution < 1.29 is 4.79 Å². The summed E-state index contributed by atoms with van der Waals surface area (Å²) in [5, 5.41) is 1.18. The Labute approximate surface area is 148 Å². The zero-order chi connectivity index (χ0) is 17.2. The fourth-order valence-corrected chi connectivity index (χ4v) is 5.74. The van der Waals surface area contributed by atoms with Gasteiger partial charge >= 0.3 is 0 Å². The van der Waals surface area contributed by atoms with E-state index >= 15 is 0 Å². The maximum atomic E-state index is 13.2. The molecule has 4 saturated heterocycles. The van der Waals surface area contributed by atoms with Crippen LogP contribution in [0.3, 0.4) is 0 Å². The van der Waals surface area contributed by atoms with Crippen LogP contribution in [0.2, 0.25) is 0 Å². The smallest absolute Gasteiger partial charge is 0.150 e. The average molecular weight is 335 g/mol. The summed E-state index contributed by atoms with van der Waals surface area (Å²) in [4.78, 5) is 23.1. The van der Waals surface area contributed by atoms with Gasteiger partial charge in [0.05, 0.1) is 22.0 Å². The molecule has 6 rings (SSSR count). The minimum absolute atomic E-state index is 0.159. The minimum Gasteiger partial charge on any atom is -0.298 e. The van der Waals surface area contributed by atoms with Crippen molar-refractivity contribution in [3.8, 4) is 0 Å². The van der Waals surface area contributed by atoms with Gasteiger partial charge in [-0.05, 0) is 18.6 Å². The van der Waals surface area contributed by atoms with Crippen LogP contribution in [0.25, 0.3) is 10.9 Å². The Morgan fingerprint density at radius 1 is 1.08 bits per heavy atom. The van der Waals surface area contributed by atoms with Gasteiger partial charge in [-0.25, -0.2) is 4.98 Å². The Hall–Kier alpha value is -1.78. The summed E-state index contributed by atoms with van der Waals surface area (Å²) in [6.45, 7) is 7.89. The number of piperidine rings is 2. The topological polar surface area (TPSA) is 36.4 Å². The highest BCUT2D eigenvalue weighted by Gasteiger charge is 2.63. The maximum Gasteiger partial charge on any atom is 0.150 e. The third-order valence-corrected chi connectivity index (χ3v) is 6.45. The number of hydrogen-bond donors (Lipinski definition) is 0. The van der Waals surface area contributed by atoms with Crippen molar-refractivity contribution in [2.75, 3.05) is 26.2 Å². The average Bonchev–Trinajstić information content (AvgIpc) is 2.59. The Bertz CT molecular complexity index is 845. The molecule has 4 bridgehead atoms. The van der Waals surface area contributed by atoms with Crippen molar-refractivity contribution in [2.24, 2.45) is 10.8 Å². The summed E-state index contributed by atoms with van der Waals surface area (Å²) in [5.74, 6) is 0.513. The predicted molar refractivity (Wildman–Crippen MR) is 98.1 cm³/mol. The molecule has 1 aromatic carbocycles. The van der Waals surface area contributed by atoms with E-state index in [9.17, 15) is 4.79 Å². The second-order valence-corrected chi connectivity index (χ2v) is 8.53. The summed E-state index contributed by atoms with van der Waals surface area (Å²) < 4.78 is 0. The molecule has 0 spiro atoms. The number of hydrogen-bond acceptors (Lipinski definition) is 4. The minimum atomic E-state index is -0.209. The molecule has 1 aromatic heterocycles. The molecule has 4 aliphatic heterocycles. The van der Waals surface area contributed by atoms with E-state index in [1.165, 1.54) is 5.39 Å². The van der Waals surface area contributed by atoms with Crippen LogP contribution < -0.4 is 0 Å². The number of pyridine rings is 1. The van der Waals surface area contributed by atoms with Crippen LogP contribution in [0.1, 0.15) is 38.5 Å².